The summed E-state index contributed by atoms with van der Waals surface area (Å²) >= 11 is 0. The second-order valence-corrected chi connectivity index (χ2v) is 18.6. The molecule has 0 saturated heterocycles. The number of carboxylic acids is 1. The molecule has 0 aromatic heterocycles. The highest BCUT2D eigenvalue weighted by Gasteiger charge is 2.60. The maximum absolute atomic E-state index is 14.7. The SMILES string of the molecule is CC[C@@H]1C=C2CC(O[Si](C)(C)C(C)(C)C)CC[C@]2(C)[C@H]2CC[C@]3(C)/C(=C(\F)C(=O)O)CC[C@H]3[C@H]12. The third kappa shape index (κ3) is 3.97. The molecule has 3 nitrogen and oxygen atoms in total. The number of aliphatic carboxylic acids is 1. The lowest BCUT2D eigenvalue weighted by atomic mass is 9.45. The average Bonchev–Trinajstić information content (AvgIpc) is 3.09. The molecule has 34 heavy (non-hydrogen) atoms. The van der Waals surface area contributed by atoms with Gasteiger partial charge >= 0.3 is 5.97 Å². The number of rotatable bonds is 4. The summed E-state index contributed by atoms with van der Waals surface area (Å²) < 4.78 is 21.6. The lowest BCUT2D eigenvalue weighted by Crippen LogP contribution is -2.53. The van der Waals surface area contributed by atoms with Crippen LogP contribution in [0.25, 0.3) is 0 Å². The number of carbonyl (C=O) groups is 1. The normalized spacial score (nSPS) is 41.8. The topological polar surface area (TPSA) is 46.5 Å². The number of allylic oxidation sites excluding steroid dienone is 2. The van der Waals surface area contributed by atoms with Crippen LogP contribution in [0.4, 0.5) is 4.39 Å². The summed E-state index contributed by atoms with van der Waals surface area (Å²) in [6.07, 6.45) is 10.9. The molecule has 0 spiro atoms. The maximum Gasteiger partial charge on any atom is 0.364 e. The van der Waals surface area contributed by atoms with Crippen LogP contribution in [-0.4, -0.2) is 25.5 Å². The van der Waals surface area contributed by atoms with E-state index in [9.17, 15) is 14.3 Å². The summed E-state index contributed by atoms with van der Waals surface area (Å²) in [5, 5.41) is 9.60. The van der Waals surface area contributed by atoms with Crippen LogP contribution < -0.4 is 0 Å². The van der Waals surface area contributed by atoms with E-state index >= 15 is 0 Å². The summed E-state index contributed by atoms with van der Waals surface area (Å²) in [6, 6.07) is 0. The lowest BCUT2D eigenvalue weighted by Gasteiger charge is -2.60. The molecule has 1 N–H and O–H groups in total. The molecule has 0 heterocycles. The van der Waals surface area contributed by atoms with Crippen LogP contribution in [0.3, 0.4) is 0 Å². The fourth-order valence-corrected chi connectivity index (χ4v) is 9.56. The van der Waals surface area contributed by atoms with Crippen LogP contribution in [0.5, 0.6) is 0 Å². The molecule has 7 atom stereocenters. The molecule has 4 aliphatic rings. The van der Waals surface area contributed by atoms with Crippen molar-refractivity contribution in [1.82, 2.24) is 0 Å². The van der Waals surface area contributed by atoms with Gasteiger partial charge in [0.2, 0.25) is 5.83 Å². The van der Waals surface area contributed by atoms with Crippen LogP contribution in [0, 0.1) is 34.5 Å². The highest BCUT2D eigenvalue weighted by atomic mass is 28.4. The average molecular weight is 491 g/mol. The van der Waals surface area contributed by atoms with Gasteiger partial charge in [-0.2, -0.15) is 4.39 Å². The van der Waals surface area contributed by atoms with E-state index in [4.69, 9.17) is 4.43 Å². The second kappa shape index (κ2) is 8.57. The minimum atomic E-state index is -1.80. The first kappa shape index (κ1) is 26.1. The van der Waals surface area contributed by atoms with E-state index < -0.39 is 20.1 Å². The van der Waals surface area contributed by atoms with E-state index in [2.05, 4.69) is 60.7 Å². The summed E-state index contributed by atoms with van der Waals surface area (Å²) in [5.41, 5.74) is 2.10. The minimum Gasteiger partial charge on any atom is -0.476 e. The highest BCUT2D eigenvalue weighted by Crippen LogP contribution is 2.68. The van der Waals surface area contributed by atoms with Crippen LogP contribution in [-0.2, 0) is 9.22 Å². The van der Waals surface area contributed by atoms with Crippen molar-refractivity contribution >= 4 is 14.3 Å². The van der Waals surface area contributed by atoms with Gasteiger partial charge in [-0.3, -0.25) is 0 Å². The van der Waals surface area contributed by atoms with E-state index in [0.29, 0.717) is 41.8 Å². The molecule has 0 bridgehead atoms. The van der Waals surface area contributed by atoms with Gasteiger partial charge in [-0.1, -0.05) is 53.2 Å². The fraction of sp³-hybridized carbons (Fsp3) is 0.828. The molecular weight excluding hydrogens is 443 g/mol. The Kier molecular flexibility index (Phi) is 6.59. The third-order valence-electron chi connectivity index (χ3n) is 11.2. The van der Waals surface area contributed by atoms with Crippen molar-refractivity contribution in [2.75, 3.05) is 0 Å². The minimum absolute atomic E-state index is 0.197. The van der Waals surface area contributed by atoms with Crippen LogP contribution in [0.15, 0.2) is 23.0 Å². The number of fused-ring (bicyclic) bond motifs is 5. The Hall–Kier alpha value is -0.943. The van der Waals surface area contributed by atoms with Crippen molar-refractivity contribution in [2.24, 2.45) is 34.5 Å². The van der Waals surface area contributed by atoms with Crippen LogP contribution in [0.1, 0.15) is 92.9 Å². The van der Waals surface area contributed by atoms with Crippen molar-refractivity contribution in [3.8, 4) is 0 Å². The monoisotopic (exact) mass is 490 g/mol. The van der Waals surface area contributed by atoms with Crippen LogP contribution in [0.2, 0.25) is 18.1 Å². The van der Waals surface area contributed by atoms with Gasteiger partial charge in [-0.15, -0.1) is 0 Å². The zero-order valence-corrected chi connectivity index (χ0v) is 23.8. The van der Waals surface area contributed by atoms with Gasteiger partial charge in [0.15, 0.2) is 8.32 Å². The summed E-state index contributed by atoms with van der Waals surface area (Å²) in [6.45, 7) is 18.6. The maximum atomic E-state index is 14.7. The Bertz CT molecular complexity index is 900. The first-order chi connectivity index (χ1) is 15.7. The zero-order chi connectivity index (χ0) is 25.3. The molecule has 4 rings (SSSR count). The third-order valence-corrected chi connectivity index (χ3v) is 15.7. The number of hydrogen-bond donors (Lipinski definition) is 1. The van der Waals surface area contributed by atoms with Gasteiger partial charge in [-0.05, 0) is 110 Å². The van der Waals surface area contributed by atoms with Crippen molar-refractivity contribution in [2.45, 2.75) is 117 Å². The fourth-order valence-electron chi connectivity index (χ4n) is 8.18. The zero-order valence-electron chi connectivity index (χ0n) is 22.8. The number of carboxylic acid groups (broad SMARTS) is 1. The smallest absolute Gasteiger partial charge is 0.364 e. The first-order valence-corrected chi connectivity index (χ1v) is 16.6. The highest BCUT2D eigenvalue weighted by molar-refractivity contribution is 6.74. The van der Waals surface area contributed by atoms with Crippen molar-refractivity contribution in [3.05, 3.63) is 23.0 Å². The van der Waals surface area contributed by atoms with E-state index in [-0.39, 0.29) is 15.9 Å². The number of halogens is 1. The lowest BCUT2D eigenvalue weighted by molar-refractivity contribution is -0.134. The standard InChI is InChI=1S/C29H47FO3Si/c1-9-18-16-19-17-20(33-34(7,8)27(2,3)4)12-14-28(19,5)22-13-15-29(6)21(24(18)22)10-11-23(29)25(30)26(31)32/h16,18,20-22,24H,9-15,17H2,1-8H3,(H,31,32)/b25-23-/t18-,20?,21+,22+,24+,28+,29+/m1/s1. The Morgan fingerprint density at radius 1 is 1.15 bits per heavy atom. The predicted molar refractivity (Wildman–Crippen MR) is 139 cm³/mol. The van der Waals surface area contributed by atoms with Gasteiger partial charge in [0.1, 0.15) is 0 Å². The molecule has 1 unspecified atom stereocenters. The Labute approximate surface area is 207 Å². The summed E-state index contributed by atoms with van der Waals surface area (Å²) in [5.74, 6) is -0.253. The molecule has 5 heteroatoms. The van der Waals surface area contributed by atoms with Crippen molar-refractivity contribution in [3.63, 3.8) is 0 Å². The second-order valence-electron chi connectivity index (χ2n) is 13.8. The van der Waals surface area contributed by atoms with E-state index in [1.54, 1.807) is 5.57 Å². The molecule has 4 aliphatic carbocycles. The van der Waals surface area contributed by atoms with E-state index in [1.807, 2.05) is 0 Å². The predicted octanol–water partition coefficient (Wildman–Crippen LogP) is 8.28. The van der Waals surface area contributed by atoms with Crippen LogP contribution >= 0.6 is 0 Å². The van der Waals surface area contributed by atoms with Gasteiger partial charge in [0, 0.05) is 6.10 Å². The van der Waals surface area contributed by atoms with E-state index in [1.165, 1.54) is 6.42 Å². The largest absolute Gasteiger partial charge is 0.476 e. The summed E-state index contributed by atoms with van der Waals surface area (Å²) in [7, 11) is -1.80. The Balaban J connectivity index is 1.64. The van der Waals surface area contributed by atoms with Gasteiger partial charge < -0.3 is 9.53 Å². The molecule has 0 amide bonds. The first-order valence-electron chi connectivity index (χ1n) is 13.7. The van der Waals surface area contributed by atoms with Gasteiger partial charge in [-0.25, -0.2) is 4.79 Å². The van der Waals surface area contributed by atoms with Gasteiger partial charge in [0.05, 0.1) is 0 Å². The quantitative estimate of drug-likeness (QED) is 0.245. The Morgan fingerprint density at radius 3 is 2.35 bits per heavy atom. The molecular formula is C29H47FO3Si. The van der Waals surface area contributed by atoms with E-state index in [0.717, 1.165) is 38.5 Å². The molecule has 0 aliphatic heterocycles. The molecule has 0 aromatic carbocycles. The van der Waals surface area contributed by atoms with Gasteiger partial charge in [0.25, 0.3) is 0 Å². The molecule has 192 valence electrons. The summed E-state index contributed by atoms with van der Waals surface area (Å²) in [4.78, 5) is 11.5. The molecule has 3 saturated carbocycles. The van der Waals surface area contributed by atoms with Crippen molar-refractivity contribution in [1.29, 1.82) is 0 Å². The Morgan fingerprint density at radius 2 is 1.76 bits per heavy atom. The molecule has 3 fully saturated rings. The molecule has 0 radical (unpaired) electrons. The number of hydrogen-bond acceptors (Lipinski definition) is 2. The molecule has 0 aromatic rings. The van der Waals surface area contributed by atoms with Crippen molar-refractivity contribution < 1.29 is 18.7 Å².